The van der Waals surface area contributed by atoms with Gasteiger partial charge in [-0.1, -0.05) is 0 Å². The van der Waals surface area contributed by atoms with Gasteiger partial charge in [-0.2, -0.15) is 0 Å². The summed E-state index contributed by atoms with van der Waals surface area (Å²) in [5.74, 6) is -3.73. The van der Waals surface area contributed by atoms with Crippen LogP contribution >= 0.6 is 0 Å². The molecule has 0 heterocycles. The molecule has 0 spiro atoms. The first-order valence-corrected chi connectivity index (χ1v) is 4.15. The molecule has 3 nitrogen and oxygen atoms in total. The van der Waals surface area contributed by atoms with Crippen molar-refractivity contribution in [3.63, 3.8) is 0 Å². The molecule has 5 heteroatoms. The van der Waals surface area contributed by atoms with Crippen molar-refractivity contribution in [2.24, 2.45) is 5.73 Å². The van der Waals surface area contributed by atoms with Crippen molar-refractivity contribution in [1.29, 1.82) is 0 Å². The molecule has 0 aromatic heterocycles. The average Bonchev–Trinajstić information content (AvgIpc) is 2.81. The van der Waals surface area contributed by atoms with Gasteiger partial charge in [0.1, 0.15) is 0 Å². The second kappa shape index (κ2) is 2.57. The highest BCUT2D eigenvalue weighted by Gasteiger charge is 2.45. The summed E-state index contributed by atoms with van der Waals surface area (Å²) in [5, 5.41) is 18.1. The summed E-state index contributed by atoms with van der Waals surface area (Å²) in [5.41, 5.74) is 4.12. The predicted octanol–water partition coefficient (Wildman–Crippen LogP) is 1.32. The summed E-state index contributed by atoms with van der Waals surface area (Å²) in [6.45, 7) is 0. The highest BCUT2D eigenvalue weighted by molar-refractivity contribution is 5.45. The highest BCUT2D eigenvalue weighted by atomic mass is 19.1. The summed E-state index contributed by atoms with van der Waals surface area (Å²) in [6.07, 6.45) is 0.896. The van der Waals surface area contributed by atoms with Crippen molar-refractivity contribution in [1.82, 2.24) is 0 Å². The third kappa shape index (κ3) is 1.13. The molecule has 1 fully saturated rings. The monoisotopic (exact) mass is 201 g/mol. The van der Waals surface area contributed by atoms with Gasteiger partial charge in [-0.3, -0.25) is 0 Å². The predicted molar refractivity (Wildman–Crippen MR) is 44.8 cm³/mol. The van der Waals surface area contributed by atoms with Gasteiger partial charge in [0.15, 0.2) is 23.1 Å². The smallest absolute Gasteiger partial charge is 0.173 e. The van der Waals surface area contributed by atoms with Gasteiger partial charge in [0.05, 0.1) is 5.56 Å². The van der Waals surface area contributed by atoms with Crippen LogP contribution in [0.15, 0.2) is 6.07 Å². The molecule has 1 aliphatic carbocycles. The second-order valence-corrected chi connectivity index (χ2v) is 3.57. The van der Waals surface area contributed by atoms with Crippen LogP contribution in [0.4, 0.5) is 8.78 Å². The van der Waals surface area contributed by atoms with E-state index in [1.165, 1.54) is 0 Å². The van der Waals surface area contributed by atoms with Gasteiger partial charge < -0.3 is 15.9 Å². The molecule has 1 aromatic carbocycles. The van der Waals surface area contributed by atoms with Crippen molar-refractivity contribution in [2.45, 2.75) is 18.4 Å². The fraction of sp³-hybridized carbons (Fsp3) is 0.333. The van der Waals surface area contributed by atoms with Gasteiger partial charge in [-0.25, -0.2) is 8.78 Å². The topological polar surface area (TPSA) is 66.5 Å². The fourth-order valence-electron chi connectivity index (χ4n) is 1.43. The largest absolute Gasteiger partial charge is 0.505 e. The number of phenols is 2. The molecule has 0 atom stereocenters. The lowest BCUT2D eigenvalue weighted by Gasteiger charge is -2.13. The summed E-state index contributed by atoms with van der Waals surface area (Å²) >= 11 is 0. The molecule has 76 valence electrons. The van der Waals surface area contributed by atoms with E-state index in [9.17, 15) is 8.78 Å². The maximum absolute atomic E-state index is 13.3. The lowest BCUT2D eigenvalue weighted by atomic mass is 10.0. The molecule has 0 bridgehead atoms. The van der Waals surface area contributed by atoms with Gasteiger partial charge in [-0.15, -0.1) is 0 Å². The van der Waals surface area contributed by atoms with Crippen LogP contribution in [-0.4, -0.2) is 10.2 Å². The van der Waals surface area contributed by atoms with Crippen LogP contribution in [-0.2, 0) is 5.54 Å². The molecule has 0 radical (unpaired) electrons. The van der Waals surface area contributed by atoms with E-state index in [0.717, 1.165) is 0 Å². The number of halogens is 2. The molecule has 1 aromatic rings. The van der Waals surface area contributed by atoms with E-state index in [1.54, 1.807) is 0 Å². The van der Waals surface area contributed by atoms with Crippen LogP contribution in [0, 0.1) is 11.6 Å². The van der Waals surface area contributed by atoms with E-state index in [2.05, 4.69) is 0 Å². The van der Waals surface area contributed by atoms with Gasteiger partial charge in [0.25, 0.3) is 0 Å². The average molecular weight is 201 g/mol. The first kappa shape index (κ1) is 9.21. The lowest BCUT2D eigenvalue weighted by Crippen LogP contribution is -2.22. The molecule has 0 unspecified atom stereocenters. The van der Waals surface area contributed by atoms with E-state index in [1.807, 2.05) is 0 Å². The van der Waals surface area contributed by atoms with Crippen molar-refractivity contribution < 1.29 is 19.0 Å². The van der Waals surface area contributed by atoms with E-state index >= 15 is 0 Å². The Labute approximate surface area is 78.8 Å². The van der Waals surface area contributed by atoms with E-state index in [4.69, 9.17) is 15.9 Å². The van der Waals surface area contributed by atoms with E-state index < -0.39 is 34.2 Å². The van der Waals surface area contributed by atoms with E-state index in [-0.39, 0.29) is 0 Å². The number of rotatable bonds is 1. The molecular weight excluding hydrogens is 192 g/mol. The molecule has 0 saturated heterocycles. The summed E-state index contributed by atoms with van der Waals surface area (Å²) in [6, 6.07) is 0.625. The molecule has 14 heavy (non-hydrogen) atoms. The first-order chi connectivity index (χ1) is 6.46. The Morgan fingerprint density at radius 3 is 1.93 bits per heavy atom. The zero-order chi connectivity index (χ0) is 10.5. The molecule has 4 N–H and O–H groups in total. The van der Waals surface area contributed by atoms with Crippen molar-refractivity contribution in [3.05, 3.63) is 23.3 Å². The standard InChI is InChI=1S/C9H9F2NO2/c10-7-4(13)3-5(14)8(11)6(7)9(12)1-2-9/h3,13-14H,1-2,12H2. The SMILES string of the molecule is NC1(c2c(F)c(O)cc(O)c2F)CC1. The van der Waals surface area contributed by atoms with Crippen LogP contribution in [0.3, 0.4) is 0 Å². The molecule has 1 saturated carbocycles. The zero-order valence-electron chi connectivity index (χ0n) is 7.22. The number of hydrogen-bond acceptors (Lipinski definition) is 3. The number of hydrogen-bond donors (Lipinski definition) is 3. The Balaban J connectivity index is 2.68. The second-order valence-electron chi connectivity index (χ2n) is 3.57. The molecule has 0 aliphatic heterocycles. The Morgan fingerprint density at radius 1 is 1.14 bits per heavy atom. The number of aromatic hydroxyl groups is 2. The quantitative estimate of drug-likeness (QED) is 0.642. The van der Waals surface area contributed by atoms with Gasteiger partial charge in [0.2, 0.25) is 0 Å². The number of phenolic OH excluding ortho intramolecular Hbond substituents is 2. The molecular formula is C9H9F2NO2. The van der Waals surface area contributed by atoms with Crippen LogP contribution in [0.1, 0.15) is 18.4 Å². The maximum atomic E-state index is 13.3. The van der Waals surface area contributed by atoms with Crippen LogP contribution < -0.4 is 5.73 Å². The lowest BCUT2D eigenvalue weighted by molar-refractivity contribution is 0.382. The highest BCUT2D eigenvalue weighted by Crippen LogP contribution is 2.47. The Hall–Kier alpha value is -1.36. The van der Waals surface area contributed by atoms with Crippen LogP contribution in [0.25, 0.3) is 0 Å². The van der Waals surface area contributed by atoms with Gasteiger partial charge in [-0.05, 0) is 12.8 Å². The third-order valence-electron chi connectivity index (χ3n) is 2.45. The van der Waals surface area contributed by atoms with Crippen molar-refractivity contribution in [2.75, 3.05) is 0 Å². The third-order valence-corrected chi connectivity index (χ3v) is 2.45. The normalized spacial score (nSPS) is 18.2. The number of benzene rings is 1. The summed E-state index contributed by atoms with van der Waals surface area (Å²) in [4.78, 5) is 0. The van der Waals surface area contributed by atoms with Crippen LogP contribution in [0.5, 0.6) is 11.5 Å². The van der Waals surface area contributed by atoms with Gasteiger partial charge >= 0.3 is 0 Å². The van der Waals surface area contributed by atoms with E-state index in [0.29, 0.717) is 18.9 Å². The minimum Gasteiger partial charge on any atom is -0.505 e. The van der Waals surface area contributed by atoms with Crippen LogP contribution in [0.2, 0.25) is 0 Å². The summed E-state index contributed by atoms with van der Waals surface area (Å²) in [7, 11) is 0. The maximum Gasteiger partial charge on any atom is 0.173 e. The first-order valence-electron chi connectivity index (χ1n) is 4.15. The van der Waals surface area contributed by atoms with Crippen molar-refractivity contribution >= 4 is 0 Å². The Bertz CT molecular complexity index is 376. The molecule has 0 amide bonds. The minimum absolute atomic E-state index is 0.421. The minimum atomic E-state index is -1.08. The fourth-order valence-corrected chi connectivity index (χ4v) is 1.43. The van der Waals surface area contributed by atoms with Crippen molar-refractivity contribution in [3.8, 4) is 11.5 Å². The summed E-state index contributed by atoms with van der Waals surface area (Å²) < 4.78 is 26.6. The molecule has 2 rings (SSSR count). The Morgan fingerprint density at radius 2 is 1.57 bits per heavy atom. The molecule has 1 aliphatic rings. The number of nitrogens with two attached hydrogens (primary N) is 1. The van der Waals surface area contributed by atoms with Gasteiger partial charge in [0, 0.05) is 11.6 Å². The Kier molecular flexibility index (Phi) is 1.69. The zero-order valence-corrected chi connectivity index (χ0v) is 7.22.